The molecule has 0 bridgehead atoms. The maximum Gasteiger partial charge on any atom is 0.249 e. The number of hydrogen-bond donors (Lipinski definition) is 5. The van der Waals surface area contributed by atoms with E-state index < -0.39 is 36.9 Å². The Balaban J connectivity index is 3.84. The fourth-order valence-corrected chi connectivity index (χ4v) is 4.28. The van der Waals surface area contributed by atoms with Crippen molar-refractivity contribution in [1.82, 2.24) is 5.32 Å². The number of allylic oxidation sites excluding steroid dienone is 2. The molecule has 0 aromatic heterocycles. The Hall–Kier alpha value is -0.950. The molecule has 0 saturated heterocycles. The van der Waals surface area contributed by atoms with Crippen LogP contribution in [0.15, 0.2) is 12.2 Å². The molecular formula is C29H57NO5. The summed E-state index contributed by atoms with van der Waals surface area (Å²) in [5, 5.41) is 42.6. The second-order valence-electron chi connectivity index (χ2n) is 10.1. The van der Waals surface area contributed by atoms with Gasteiger partial charge in [-0.1, -0.05) is 109 Å². The third kappa shape index (κ3) is 19.9. The number of nitrogens with one attached hydrogen (secondary N) is 1. The van der Waals surface area contributed by atoms with E-state index in [-0.39, 0.29) is 0 Å². The Bertz CT molecular complexity index is 499. The quantitative estimate of drug-likeness (QED) is 0.0835. The van der Waals surface area contributed by atoms with Gasteiger partial charge in [0.2, 0.25) is 5.91 Å². The lowest BCUT2D eigenvalue weighted by atomic mass is 9.99. The number of unbranched alkanes of at least 4 members (excludes halogenated alkanes) is 14. The molecular weight excluding hydrogens is 442 g/mol. The van der Waals surface area contributed by atoms with E-state index >= 15 is 0 Å². The number of carbonyl (C=O) groups is 1. The summed E-state index contributed by atoms with van der Waals surface area (Å²) in [6.45, 7) is 3.86. The molecule has 0 radical (unpaired) electrons. The fraction of sp³-hybridized carbons (Fsp3) is 0.897. The number of hydrogen-bond acceptors (Lipinski definition) is 5. The van der Waals surface area contributed by atoms with E-state index in [1.165, 1.54) is 51.4 Å². The molecule has 0 heterocycles. The summed E-state index contributed by atoms with van der Waals surface area (Å²) in [5.41, 5.74) is 0. The predicted octanol–water partition coefficient (Wildman–Crippen LogP) is 5.55. The van der Waals surface area contributed by atoms with Crippen molar-refractivity contribution in [3.05, 3.63) is 12.2 Å². The number of aliphatic hydroxyl groups excluding tert-OH is 4. The van der Waals surface area contributed by atoms with Crippen molar-refractivity contribution in [3.8, 4) is 0 Å². The van der Waals surface area contributed by atoms with Gasteiger partial charge in [-0.25, -0.2) is 0 Å². The van der Waals surface area contributed by atoms with Crippen molar-refractivity contribution in [2.24, 2.45) is 0 Å². The largest absolute Gasteiger partial charge is 0.394 e. The van der Waals surface area contributed by atoms with Gasteiger partial charge in [-0.2, -0.15) is 0 Å². The second kappa shape index (κ2) is 24.7. The first-order valence-corrected chi connectivity index (χ1v) is 14.6. The van der Waals surface area contributed by atoms with Crippen LogP contribution in [-0.4, -0.2) is 57.3 Å². The van der Waals surface area contributed by atoms with E-state index in [1.807, 2.05) is 0 Å². The zero-order valence-corrected chi connectivity index (χ0v) is 22.8. The summed E-state index contributed by atoms with van der Waals surface area (Å²) < 4.78 is 0. The Labute approximate surface area is 215 Å². The lowest BCUT2D eigenvalue weighted by molar-refractivity contribution is -0.132. The maximum absolute atomic E-state index is 12.2. The van der Waals surface area contributed by atoms with Gasteiger partial charge in [-0.15, -0.1) is 0 Å². The van der Waals surface area contributed by atoms with Gasteiger partial charge >= 0.3 is 0 Å². The molecule has 4 unspecified atom stereocenters. The molecule has 0 saturated carbocycles. The molecule has 6 nitrogen and oxygen atoms in total. The molecule has 0 rings (SSSR count). The van der Waals surface area contributed by atoms with Gasteiger partial charge in [0.05, 0.1) is 18.8 Å². The predicted molar refractivity (Wildman–Crippen MR) is 145 cm³/mol. The topological polar surface area (TPSA) is 110 Å². The van der Waals surface area contributed by atoms with Crippen molar-refractivity contribution in [2.75, 3.05) is 6.61 Å². The molecule has 5 N–H and O–H groups in total. The summed E-state index contributed by atoms with van der Waals surface area (Å²) in [4.78, 5) is 12.2. The van der Waals surface area contributed by atoms with Crippen LogP contribution in [0.2, 0.25) is 0 Å². The molecule has 0 aliphatic rings. The SMILES string of the molecule is CCCCCCCCC/C=C\CCCCCCC(O)C(=O)NC(CO)C(O)C(O)CCCCCC. The van der Waals surface area contributed by atoms with E-state index in [1.54, 1.807) is 0 Å². The summed E-state index contributed by atoms with van der Waals surface area (Å²) >= 11 is 0. The number of aliphatic hydroxyl groups is 4. The lowest BCUT2D eigenvalue weighted by Crippen LogP contribution is -2.53. The van der Waals surface area contributed by atoms with Gasteiger partial charge in [0.1, 0.15) is 12.2 Å². The average Bonchev–Trinajstić information content (AvgIpc) is 2.86. The first-order valence-electron chi connectivity index (χ1n) is 14.6. The van der Waals surface area contributed by atoms with E-state index in [2.05, 4.69) is 31.3 Å². The van der Waals surface area contributed by atoms with Crippen molar-refractivity contribution < 1.29 is 25.2 Å². The van der Waals surface area contributed by atoms with Crippen LogP contribution >= 0.6 is 0 Å². The molecule has 0 aliphatic heterocycles. The third-order valence-electron chi connectivity index (χ3n) is 6.73. The van der Waals surface area contributed by atoms with Gasteiger partial charge < -0.3 is 25.7 Å². The molecule has 0 aliphatic carbocycles. The minimum Gasteiger partial charge on any atom is -0.394 e. The average molecular weight is 500 g/mol. The van der Waals surface area contributed by atoms with Gasteiger partial charge in [0, 0.05) is 0 Å². The lowest BCUT2D eigenvalue weighted by Gasteiger charge is -2.27. The highest BCUT2D eigenvalue weighted by Crippen LogP contribution is 2.13. The third-order valence-corrected chi connectivity index (χ3v) is 6.73. The summed E-state index contributed by atoms with van der Waals surface area (Å²) in [5.74, 6) is -0.602. The summed E-state index contributed by atoms with van der Waals surface area (Å²) in [6, 6.07) is -0.980. The van der Waals surface area contributed by atoms with Gasteiger partial charge in [-0.3, -0.25) is 4.79 Å². The van der Waals surface area contributed by atoms with Crippen LogP contribution in [0.5, 0.6) is 0 Å². The minimum atomic E-state index is -1.25. The highest BCUT2D eigenvalue weighted by Gasteiger charge is 2.28. The van der Waals surface area contributed by atoms with Crippen molar-refractivity contribution in [2.45, 2.75) is 160 Å². The van der Waals surface area contributed by atoms with Crippen LogP contribution in [0.1, 0.15) is 136 Å². The second-order valence-corrected chi connectivity index (χ2v) is 10.1. The van der Waals surface area contributed by atoms with Gasteiger partial charge in [0.15, 0.2) is 0 Å². The summed E-state index contributed by atoms with van der Waals surface area (Å²) in [7, 11) is 0. The van der Waals surface area contributed by atoms with E-state index in [0.29, 0.717) is 12.8 Å². The standard InChI is InChI=1S/C29H57NO5/c1-3-5-7-9-10-11-12-13-14-15-16-17-18-19-21-23-27(33)29(35)30-25(24-31)28(34)26(32)22-20-8-6-4-2/h14-15,25-28,31-34H,3-13,16-24H2,1-2H3,(H,30,35)/b15-14-. The van der Waals surface area contributed by atoms with Crippen LogP contribution in [0.25, 0.3) is 0 Å². The van der Waals surface area contributed by atoms with Crippen LogP contribution in [0.4, 0.5) is 0 Å². The Morgan fingerprint density at radius 1 is 0.686 bits per heavy atom. The molecule has 35 heavy (non-hydrogen) atoms. The van der Waals surface area contributed by atoms with Crippen LogP contribution in [-0.2, 0) is 4.79 Å². The molecule has 0 aromatic carbocycles. The van der Waals surface area contributed by atoms with Crippen molar-refractivity contribution in [1.29, 1.82) is 0 Å². The zero-order chi connectivity index (χ0) is 26.2. The van der Waals surface area contributed by atoms with E-state index in [0.717, 1.165) is 57.8 Å². The molecule has 6 heteroatoms. The zero-order valence-electron chi connectivity index (χ0n) is 22.8. The monoisotopic (exact) mass is 499 g/mol. The minimum absolute atomic E-state index is 0.355. The summed E-state index contributed by atoms with van der Waals surface area (Å²) in [6.07, 6.45) is 21.4. The van der Waals surface area contributed by atoms with Crippen LogP contribution in [0.3, 0.4) is 0 Å². The van der Waals surface area contributed by atoms with Crippen LogP contribution in [0, 0.1) is 0 Å². The molecule has 0 spiro atoms. The van der Waals surface area contributed by atoms with Crippen LogP contribution < -0.4 is 5.32 Å². The highest BCUT2D eigenvalue weighted by atomic mass is 16.3. The molecule has 1 amide bonds. The molecule has 0 aromatic rings. The fourth-order valence-electron chi connectivity index (χ4n) is 4.28. The normalized spacial score (nSPS) is 15.3. The first kappa shape index (κ1) is 34.0. The highest BCUT2D eigenvalue weighted by molar-refractivity contribution is 5.80. The van der Waals surface area contributed by atoms with E-state index in [9.17, 15) is 25.2 Å². The Morgan fingerprint density at radius 2 is 1.14 bits per heavy atom. The first-order chi connectivity index (χ1) is 17.0. The van der Waals surface area contributed by atoms with Crippen molar-refractivity contribution >= 4 is 5.91 Å². The Kier molecular flexibility index (Phi) is 24.1. The van der Waals surface area contributed by atoms with E-state index in [4.69, 9.17) is 0 Å². The maximum atomic E-state index is 12.2. The Morgan fingerprint density at radius 3 is 1.69 bits per heavy atom. The number of amides is 1. The number of rotatable bonds is 25. The van der Waals surface area contributed by atoms with Crippen molar-refractivity contribution in [3.63, 3.8) is 0 Å². The molecule has 208 valence electrons. The molecule has 4 atom stereocenters. The number of carbonyl (C=O) groups excluding carboxylic acids is 1. The van der Waals surface area contributed by atoms with Gasteiger partial charge in [0.25, 0.3) is 0 Å². The molecule has 0 fully saturated rings. The van der Waals surface area contributed by atoms with Gasteiger partial charge in [-0.05, 0) is 38.5 Å². The smallest absolute Gasteiger partial charge is 0.249 e.